The molecule has 1 heterocycles. The highest BCUT2D eigenvalue weighted by molar-refractivity contribution is 9.10. The molecule has 1 aromatic heterocycles. The van der Waals surface area contributed by atoms with Gasteiger partial charge in [0.2, 0.25) is 0 Å². The van der Waals surface area contributed by atoms with Crippen molar-refractivity contribution in [3.63, 3.8) is 0 Å². The van der Waals surface area contributed by atoms with Gasteiger partial charge < -0.3 is 4.74 Å². The van der Waals surface area contributed by atoms with Crippen molar-refractivity contribution in [1.29, 1.82) is 0 Å². The number of nitrogens with zero attached hydrogens (tertiary/aromatic N) is 2. The summed E-state index contributed by atoms with van der Waals surface area (Å²) >= 11 is 3.06. The largest absolute Gasteiger partial charge is 0.364 e. The Labute approximate surface area is 72.0 Å². The molecular formula is C6H7BrN2O2. The van der Waals surface area contributed by atoms with Crippen molar-refractivity contribution >= 4 is 15.9 Å². The Kier molecular flexibility index (Phi) is 2.78. The maximum Gasteiger partial charge on any atom is 0.269 e. The van der Waals surface area contributed by atoms with Crippen LogP contribution in [-0.2, 0) is 11.5 Å². The molecule has 11 heavy (non-hydrogen) atoms. The molecule has 0 atom stereocenters. The quantitative estimate of drug-likeness (QED) is 0.731. The van der Waals surface area contributed by atoms with Crippen molar-refractivity contribution in [2.45, 2.75) is 6.73 Å². The van der Waals surface area contributed by atoms with E-state index in [4.69, 9.17) is 4.74 Å². The predicted octanol–water partition coefficient (Wildman–Crippen LogP) is 0.610. The molecule has 60 valence electrons. The van der Waals surface area contributed by atoms with Gasteiger partial charge in [-0.25, -0.2) is 4.98 Å². The van der Waals surface area contributed by atoms with Crippen LogP contribution in [0.3, 0.4) is 0 Å². The first kappa shape index (κ1) is 8.42. The monoisotopic (exact) mass is 218 g/mol. The van der Waals surface area contributed by atoms with Crippen LogP contribution < -0.4 is 5.56 Å². The average molecular weight is 219 g/mol. The molecule has 4 nitrogen and oxygen atoms in total. The Morgan fingerprint density at radius 1 is 1.82 bits per heavy atom. The van der Waals surface area contributed by atoms with Gasteiger partial charge in [0.05, 0.1) is 6.33 Å². The van der Waals surface area contributed by atoms with Crippen molar-refractivity contribution < 1.29 is 4.74 Å². The SMILES string of the molecule is COCn1cncc(Br)c1=O. The minimum absolute atomic E-state index is 0.137. The van der Waals surface area contributed by atoms with E-state index in [1.807, 2.05) is 0 Å². The first-order valence-electron chi connectivity index (χ1n) is 2.94. The summed E-state index contributed by atoms with van der Waals surface area (Å²) in [5.41, 5.74) is -0.137. The molecule has 0 aromatic carbocycles. The molecule has 0 saturated carbocycles. The Balaban J connectivity index is 3.07. The van der Waals surface area contributed by atoms with Crippen LogP contribution in [0.15, 0.2) is 21.8 Å². The molecule has 1 aromatic rings. The summed E-state index contributed by atoms with van der Waals surface area (Å²) in [7, 11) is 1.52. The molecular weight excluding hydrogens is 212 g/mol. The van der Waals surface area contributed by atoms with Crippen LogP contribution in [0.2, 0.25) is 0 Å². The Hall–Kier alpha value is -0.680. The summed E-state index contributed by atoms with van der Waals surface area (Å²) in [4.78, 5) is 15.0. The van der Waals surface area contributed by atoms with Crippen molar-refractivity contribution in [1.82, 2.24) is 9.55 Å². The third kappa shape index (κ3) is 1.87. The summed E-state index contributed by atoms with van der Waals surface area (Å²) in [5.74, 6) is 0. The second-order valence-corrected chi connectivity index (χ2v) is 2.79. The van der Waals surface area contributed by atoms with Gasteiger partial charge in [-0.15, -0.1) is 0 Å². The van der Waals surface area contributed by atoms with Gasteiger partial charge in [0.1, 0.15) is 11.2 Å². The van der Waals surface area contributed by atoms with E-state index in [-0.39, 0.29) is 12.3 Å². The van der Waals surface area contributed by atoms with E-state index in [0.717, 1.165) is 0 Å². The van der Waals surface area contributed by atoms with Crippen molar-refractivity contribution in [3.05, 3.63) is 27.4 Å². The van der Waals surface area contributed by atoms with E-state index in [1.54, 1.807) is 0 Å². The Bertz CT molecular complexity index is 297. The maximum absolute atomic E-state index is 11.2. The van der Waals surface area contributed by atoms with Crippen LogP contribution in [0.25, 0.3) is 0 Å². The lowest BCUT2D eigenvalue weighted by Gasteiger charge is -2.01. The van der Waals surface area contributed by atoms with Gasteiger partial charge >= 0.3 is 0 Å². The summed E-state index contributed by atoms with van der Waals surface area (Å²) in [6, 6.07) is 0. The molecule has 0 aliphatic rings. The first-order chi connectivity index (χ1) is 5.25. The molecule has 0 aliphatic heterocycles. The fraction of sp³-hybridized carbons (Fsp3) is 0.333. The minimum atomic E-state index is -0.137. The van der Waals surface area contributed by atoms with Crippen LogP contribution >= 0.6 is 15.9 Å². The number of halogens is 1. The molecule has 0 unspecified atom stereocenters. The van der Waals surface area contributed by atoms with Gasteiger partial charge in [0, 0.05) is 13.3 Å². The van der Waals surface area contributed by atoms with E-state index in [2.05, 4.69) is 20.9 Å². The van der Waals surface area contributed by atoms with Gasteiger partial charge in [-0.3, -0.25) is 9.36 Å². The highest BCUT2D eigenvalue weighted by Gasteiger charge is 1.98. The summed E-state index contributed by atoms with van der Waals surface area (Å²) in [6.07, 6.45) is 2.88. The van der Waals surface area contributed by atoms with Crippen molar-refractivity contribution in [3.8, 4) is 0 Å². The minimum Gasteiger partial charge on any atom is -0.364 e. The maximum atomic E-state index is 11.2. The van der Waals surface area contributed by atoms with Crippen LogP contribution in [0.5, 0.6) is 0 Å². The number of hydrogen-bond acceptors (Lipinski definition) is 3. The van der Waals surface area contributed by atoms with E-state index in [9.17, 15) is 4.79 Å². The number of rotatable bonds is 2. The van der Waals surface area contributed by atoms with Crippen LogP contribution in [0, 0.1) is 0 Å². The fourth-order valence-electron chi connectivity index (χ4n) is 0.655. The summed E-state index contributed by atoms with van der Waals surface area (Å²) in [5, 5.41) is 0. The lowest BCUT2D eigenvalue weighted by Crippen LogP contribution is -2.21. The normalized spacial score (nSPS) is 10.0. The molecule has 0 bridgehead atoms. The Morgan fingerprint density at radius 3 is 3.18 bits per heavy atom. The third-order valence-electron chi connectivity index (χ3n) is 1.13. The summed E-state index contributed by atoms with van der Waals surface area (Å²) in [6.45, 7) is 0.227. The zero-order valence-corrected chi connectivity index (χ0v) is 7.54. The third-order valence-corrected chi connectivity index (χ3v) is 1.67. The van der Waals surface area contributed by atoms with Crippen LogP contribution in [0.4, 0.5) is 0 Å². The number of aromatic nitrogens is 2. The average Bonchev–Trinajstić information content (AvgIpc) is 1.99. The van der Waals surface area contributed by atoms with Gasteiger partial charge in [0.15, 0.2) is 0 Å². The Morgan fingerprint density at radius 2 is 2.55 bits per heavy atom. The first-order valence-corrected chi connectivity index (χ1v) is 3.74. The number of hydrogen-bond donors (Lipinski definition) is 0. The smallest absolute Gasteiger partial charge is 0.269 e. The molecule has 0 radical (unpaired) electrons. The second-order valence-electron chi connectivity index (χ2n) is 1.93. The zero-order chi connectivity index (χ0) is 8.27. The van der Waals surface area contributed by atoms with E-state index < -0.39 is 0 Å². The van der Waals surface area contributed by atoms with Crippen molar-refractivity contribution in [2.75, 3.05) is 7.11 Å². The van der Waals surface area contributed by atoms with Crippen molar-refractivity contribution in [2.24, 2.45) is 0 Å². The lowest BCUT2D eigenvalue weighted by molar-refractivity contribution is 0.127. The number of methoxy groups -OCH3 is 1. The van der Waals surface area contributed by atoms with Gasteiger partial charge in [0.25, 0.3) is 5.56 Å². The topological polar surface area (TPSA) is 44.1 Å². The standard InChI is InChI=1S/C6H7BrN2O2/c1-11-4-9-3-8-2-5(7)6(9)10/h2-3H,4H2,1H3. The molecule has 0 spiro atoms. The zero-order valence-electron chi connectivity index (χ0n) is 5.95. The predicted molar refractivity (Wildman–Crippen MR) is 43.2 cm³/mol. The highest BCUT2D eigenvalue weighted by Crippen LogP contribution is 1.97. The van der Waals surface area contributed by atoms with E-state index in [1.165, 1.54) is 24.2 Å². The second kappa shape index (κ2) is 3.64. The molecule has 5 heteroatoms. The highest BCUT2D eigenvalue weighted by atomic mass is 79.9. The van der Waals surface area contributed by atoms with E-state index >= 15 is 0 Å². The molecule has 1 rings (SSSR count). The van der Waals surface area contributed by atoms with Gasteiger partial charge in [-0.05, 0) is 15.9 Å². The van der Waals surface area contributed by atoms with Crippen LogP contribution in [-0.4, -0.2) is 16.7 Å². The molecule has 0 aliphatic carbocycles. The van der Waals surface area contributed by atoms with Crippen LogP contribution in [0.1, 0.15) is 0 Å². The molecule has 0 N–H and O–H groups in total. The lowest BCUT2D eigenvalue weighted by atomic mass is 10.6. The molecule has 0 saturated heterocycles. The summed E-state index contributed by atoms with van der Waals surface area (Å²) < 4.78 is 6.57. The van der Waals surface area contributed by atoms with Gasteiger partial charge in [-0.1, -0.05) is 0 Å². The van der Waals surface area contributed by atoms with Gasteiger partial charge in [-0.2, -0.15) is 0 Å². The van der Waals surface area contributed by atoms with E-state index in [0.29, 0.717) is 4.47 Å². The molecule has 0 fully saturated rings. The fourth-order valence-corrected chi connectivity index (χ4v) is 1.00. The number of ether oxygens (including phenoxy) is 1. The molecule has 0 amide bonds.